The molecule has 1 aliphatic rings. The third-order valence-corrected chi connectivity index (χ3v) is 8.15. The lowest BCUT2D eigenvalue weighted by Crippen LogP contribution is -2.48. The standard InChI is InChI=1S/C37H48N2O/c1-5-6-9-18-32(27-30-14-10-7-11-15-30)29-39(36(40)33-19-21-34(22-20-33)37(2,3)4)35-23-25-38(26-24-35)28-31-16-12-8-13-17-31/h7-8,10-17,19-22,27,35H,5-6,9,18,23-26,28-29H2,1-4H3. The summed E-state index contributed by atoms with van der Waals surface area (Å²) < 4.78 is 0. The van der Waals surface area contributed by atoms with E-state index in [4.69, 9.17) is 0 Å². The number of piperidine rings is 1. The van der Waals surface area contributed by atoms with Crippen LogP contribution in [0.4, 0.5) is 0 Å². The zero-order valence-electron chi connectivity index (χ0n) is 25.1. The van der Waals surface area contributed by atoms with Crippen LogP contribution in [0.1, 0.15) is 93.3 Å². The molecule has 1 aliphatic heterocycles. The smallest absolute Gasteiger partial charge is 0.254 e. The van der Waals surface area contributed by atoms with Gasteiger partial charge in [0.1, 0.15) is 0 Å². The lowest BCUT2D eigenvalue weighted by molar-refractivity contribution is 0.0589. The third-order valence-electron chi connectivity index (χ3n) is 8.15. The SMILES string of the molecule is CCCCCC(=Cc1ccccc1)CN(C(=O)c1ccc(C(C)(C)C)cc1)C1CCN(Cc2ccccc2)CC1. The normalized spacial score (nSPS) is 15.2. The first-order chi connectivity index (χ1) is 19.3. The van der Waals surface area contributed by atoms with Crippen molar-refractivity contribution < 1.29 is 4.79 Å². The number of nitrogens with zero attached hydrogens (tertiary/aromatic N) is 2. The Morgan fingerprint density at radius 3 is 2.10 bits per heavy atom. The molecule has 3 nitrogen and oxygen atoms in total. The minimum absolute atomic E-state index is 0.0672. The Balaban J connectivity index is 1.56. The maximum absolute atomic E-state index is 14.2. The second kappa shape index (κ2) is 14.5. The average molecular weight is 537 g/mol. The van der Waals surface area contributed by atoms with E-state index >= 15 is 0 Å². The summed E-state index contributed by atoms with van der Waals surface area (Å²) in [4.78, 5) is 18.9. The highest BCUT2D eigenvalue weighted by atomic mass is 16.2. The molecule has 0 unspecified atom stereocenters. The van der Waals surface area contributed by atoms with E-state index in [2.05, 4.69) is 116 Å². The van der Waals surface area contributed by atoms with Crippen LogP contribution in [0, 0.1) is 0 Å². The van der Waals surface area contributed by atoms with Gasteiger partial charge in [-0.3, -0.25) is 9.69 Å². The van der Waals surface area contributed by atoms with Crippen LogP contribution in [0.3, 0.4) is 0 Å². The van der Waals surface area contributed by atoms with Gasteiger partial charge in [0.15, 0.2) is 0 Å². The molecule has 1 amide bonds. The summed E-state index contributed by atoms with van der Waals surface area (Å²) >= 11 is 0. The topological polar surface area (TPSA) is 23.6 Å². The molecule has 1 saturated heterocycles. The number of carbonyl (C=O) groups excluding carboxylic acids is 1. The number of carbonyl (C=O) groups is 1. The molecule has 3 heteroatoms. The van der Waals surface area contributed by atoms with Crippen LogP contribution < -0.4 is 0 Å². The molecule has 1 fully saturated rings. The van der Waals surface area contributed by atoms with Crippen LogP contribution in [0.5, 0.6) is 0 Å². The van der Waals surface area contributed by atoms with Crippen LogP contribution in [0.15, 0.2) is 90.5 Å². The van der Waals surface area contributed by atoms with Crippen LogP contribution in [0.25, 0.3) is 6.08 Å². The number of benzene rings is 3. The van der Waals surface area contributed by atoms with E-state index in [1.54, 1.807) is 0 Å². The van der Waals surface area contributed by atoms with Gasteiger partial charge in [-0.1, -0.05) is 125 Å². The predicted molar refractivity (Wildman–Crippen MR) is 169 cm³/mol. The van der Waals surface area contributed by atoms with Gasteiger partial charge < -0.3 is 4.90 Å². The minimum atomic E-state index is 0.0672. The van der Waals surface area contributed by atoms with Crippen molar-refractivity contribution in [3.05, 3.63) is 113 Å². The number of hydrogen-bond acceptors (Lipinski definition) is 2. The summed E-state index contributed by atoms with van der Waals surface area (Å²) in [6.45, 7) is 12.6. The van der Waals surface area contributed by atoms with E-state index < -0.39 is 0 Å². The summed E-state index contributed by atoms with van der Waals surface area (Å²) in [5.41, 5.74) is 6.05. The maximum atomic E-state index is 14.2. The quantitative estimate of drug-likeness (QED) is 0.229. The highest BCUT2D eigenvalue weighted by Gasteiger charge is 2.29. The number of unbranched alkanes of at least 4 members (excludes halogenated alkanes) is 2. The molecule has 0 radical (unpaired) electrons. The molecule has 0 saturated carbocycles. The average Bonchev–Trinajstić information content (AvgIpc) is 2.97. The zero-order valence-corrected chi connectivity index (χ0v) is 25.1. The molecule has 0 aromatic heterocycles. The number of amides is 1. The molecule has 4 rings (SSSR count). The highest BCUT2D eigenvalue weighted by Crippen LogP contribution is 2.26. The van der Waals surface area contributed by atoms with E-state index in [9.17, 15) is 4.79 Å². The molecule has 212 valence electrons. The summed E-state index contributed by atoms with van der Waals surface area (Å²) in [5, 5.41) is 0. The molecule has 0 bridgehead atoms. The third kappa shape index (κ3) is 8.66. The first-order valence-corrected chi connectivity index (χ1v) is 15.3. The molecule has 0 N–H and O–H groups in total. The van der Waals surface area contributed by atoms with Crippen molar-refractivity contribution in [2.75, 3.05) is 19.6 Å². The van der Waals surface area contributed by atoms with Gasteiger partial charge in [0.05, 0.1) is 0 Å². The zero-order chi connectivity index (χ0) is 28.4. The molecular formula is C37H48N2O. The summed E-state index contributed by atoms with van der Waals surface area (Å²) in [5.74, 6) is 0.163. The van der Waals surface area contributed by atoms with E-state index in [-0.39, 0.29) is 17.4 Å². The van der Waals surface area contributed by atoms with Crippen molar-refractivity contribution >= 4 is 12.0 Å². The summed E-state index contributed by atoms with van der Waals surface area (Å²) in [7, 11) is 0. The Labute approximate surface area is 242 Å². The lowest BCUT2D eigenvalue weighted by atomic mass is 9.86. The fourth-order valence-electron chi connectivity index (χ4n) is 5.68. The minimum Gasteiger partial charge on any atom is -0.332 e. The Kier molecular flexibility index (Phi) is 10.8. The van der Waals surface area contributed by atoms with Gasteiger partial charge in [-0.2, -0.15) is 0 Å². The Morgan fingerprint density at radius 2 is 1.50 bits per heavy atom. The maximum Gasteiger partial charge on any atom is 0.254 e. The van der Waals surface area contributed by atoms with Crippen molar-refractivity contribution in [2.24, 2.45) is 0 Å². The van der Waals surface area contributed by atoms with Crippen molar-refractivity contribution in [3.8, 4) is 0 Å². The van der Waals surface area contributed by atoms with Crippen LogP contribution in [-0.4, -0.2) is 41.4 Å². The molecule has 0 aliphatic carbocycles. The monoisotopic (exact) mass is 536 g/mol. The fourth-order valence-corrected chi connectivity index (χ4v) is 5.68. The van der Waals surface area contributed by atoms with Crippen molar-refractivity contribution in [1.29, 1.82) is 0 Å². The van der Waals surface area contributed by atoms with Gasteiger partial charge in [-0.15, -0.1) is 0 Å². The Morgan fingerprint density at radius 1 is 0.875 bits per heavy atom. The first kappa shape index (κ1) is 29.8. The molecule has 40 heavy (non-hydrogen) atoms. The van der Waals surface area contributed by atoms with E-state index in [0.29, 0.717) is 6.54 Å². The molecule has 3 aromatic rings. The van der Waals surface area contributed by atoms with E-state index in [0.717, 1.165) is 50.9 Å². The van der Waals surface area contributed by atoms with Crippen molar-refractivity contribution in [3.63, 3.8) is 0 Å². The lowest BCUT2D eigenvalue weighted by Gasteiger charge is -2.39. The van der Waals surface area contributed by atoms with E-state index in [1.807, 2.05) is 12.1 Å². The van der Waals surface area contributed by atoms with Gasteiger partial charge in [0, 0.05) is 37.8 Å². The molecule has 3 aromatic carbocycles. The van der Waals surface area contributed by atoms with Crippen molar-refractivity contribution in [1.82, 2.24) is 9.80 Å². The predicted octanol–water partition coefficient (Wildman–Crippen LogP) is 8.75. The highest BCUT2D eigenvalue weighted by molar-refractivity contribution is 5.94. The van der Waals surface area contributed by atoms with Crippen LogP contribution in [0.2, 0.25) is 0 Å². The van der Waals surface area contributed by atoms with E-state index in [1.165, 1.54) is 35.1 Å². The Bertz CT molecular complexity index is 1200. The van der Waals surface area contributed by atoms with Crippen molar-refractivity contribution in [2.45, 2.75) is 84.2 Å². The fraction of sp³-hybridized carbons (Fsp3) is 0.432. The van der Waals surface area contributed by atoms with Gasteiger partial charge in [0.2, 0.25) is 0 Å². The molecular weight excluding hydrogens is 488 g/mol. The molecule has 0 atom stereocenters. The number of rotatable bonds is 11. The number of likely N-dealkylation sites (tertiary alicyclic amines) is 1. The second-order valence-electron chi connectivity index (χ2n) is 12.4. The Hall–Kier alpha value is -3.17. The summed E-state index contributed by atoms with van der Waals surface area (Å²) in [6, 6.07) is 29.9. The van der Waals surface area contributed by atoms with Gasteiger partial charge in [-0.05, 0) is 59.9 Å². The van der Waals surface area contributed by atoms with Crippen LogP contribution in [-0.2, 0) is 12.0 Å². The molecule has 1 heterocycles. The number of hydrogen-bond donors (Lipinski definition) is 0. The van der Waals surface area contributed by atoms with Gasteiger partial charge in [0.25, 0.3) is 5.91 Å². The summed E-state index contributed by atoms with van der Waals surface area (Å²) in [6.07, 6.45) is 8.93. The van der Waals surface area contributed by atoms with Crippen LogP contribution >= 0.6 is 0 Å². The van der Waals surface area contributed by atoms with Gasteiger partial charge in [-0.25, -0.2) is 0 Å². The largest absolute Gasteiger partial charge is 0.332 e. The second-order valence-corrected chi connectivity index (χ2v) is 12.4. The molecule has 0 spiro atoms. The van der Waals surface area contributed by atoms with Gasteiger partial charge >= 0.3 is 0 Å². The first-order valence-electron chi connectivity index (χ1n) is 15.3.